The van der Waals surface area contributed by atoms with Gasteiger partial charge in [-0.3, -0.25) is 9.59 Å². The van der Waals surface area contributed by atoms with Gasteiger partial charge in [0, 0.05) is 2.74 Å². The number of hydrogen-bond acceptors (Lipinski definition) is 16. The quantitative estimate of drug-likeness (QED) is 0.0994. The summed E-state index contributed by atoms with van der Waals surface area (Å²) >= 11 is 0. The summed E-state index contributed by atoms with van der Waals surface area (Å²) in [5.41, 5.74) is 8.73. The van der Waals surface area contributed by atoms with Crippen LogP contribution in [0.5, 0.6) is 23.0 Å². The largest absolute Gasteiger partial charge is 1.00 e. The first kappa shape index (κ1) is 43.4. The Labute approximate surface area is 378 Å². The summed E-state index contributed by atoms with van der Waals surface area (Å²) in [6.07, 6.45) is 0.000487. The van der Waals surface area contributed by atoms with Crippen LogP contribution in [0.3, 0.4) is 0 Å². The molecule has 2 aromatic carbocycles. The molecule has 58 heavy (non-hydrogen) atoms. The second kappa shape index (κ2) is 16.3. The van der Waals surface area contributed by atoms with E-state index in [1.807, 2.05) is 0 Å². The van der Waals surface area contributed by atoms with Crippen molar-refractivity contribution >= 4 is 37.3 Å². The van der Waals surface area contributed by atoms with Crippen LogP contribution in [0.15, 0.2) is 24.3 Å². The van der Waals surface area contributed by atoms with Crippen molar-refractivity contribution in [3.05, 3.63) is 46.5 Å². The van der Waals surface area contributed by atoms with Gasteiger partial charge in [0.05, 0.1) is 50.9 Å². The Bertz CT molecular complexity index is 1900. The van der Waals surface area contributed by atoms with E-state index in [2.05, 4.69) is 0 Å². The van der Waals surface area contributed by atoms with E-state index in [9.17, 15) is 59.7 Å². The van der Waals surface area contributed by atoms with Crippen LogP contribution in [0, 0.1) is 0 Å². The van der Waals surface area contributed by atoms with Crippen LogP contribution in [-0.2, 0) is 9.59 Å². The van der Waals surface area contributed by atoms with Gasteiger partial charge < -0.3 is 80.6 Å². The molecular weight excluding hydrogens is 788 g/mol. The number of carboxylic acid groups (broad SMARTS) is 2. The third-order valence-corrected chi connectivity index (χ3v) is 11.2. The number of fused-ring (bicyclic) bond motifs is 6. The number of carboxylic acids is 2. The fourth-order valence-corrected chi connectivity index (χ4v) is 7.71. The monoisotopic (exact) mass is 834 g/mol. The standard InChI is InChI=1S/2C17H22BN2O8.2Na/c2*1-17(19,7-21)16(24)20-5-8(6-20)27-12-3-2-9-10-4-11(10)18(25,26)28-14(9)13(12)15(22)23;;/h2*2-3,8,10-11,21,25-26H,4-7,19H2,1H3,(H,22,23);;/q2*-1;2*+1/t2*10-,11-,17-;;/m00../s1/i2*1D;;. The Balaban J connectivity index is 0.000000220. The van der Waals surface area contributed by atoms with Gasteiger partial charge in [-0.1, -0.05) is 36.6 Å². The number of benzene rings is 2. The van der Waals surface area contributed by atoms with Gasteiger partial charge in [-0.2, -0.15) is 0 Å². The first-order valence-electron chi connectivity index (χ1n) is 19.3. The van der Waals surface area contributed by atoms with E-state index in [0.717, 1.165) is 0 Å². The summed E-state index contributed by atoms with van der Waals surface area (Å²) in [6, 6.07) is 6.33. The Hall–Kier alpha value is -2.67. The number of aromatic carboxylic acids is 2. The number of carbonyl (C=O) groups excluding carboxylic acids is 2. The molecule has 24 heteroatoms. The molecule has 0 bridgehead atoms. The molecule has 4 heterocycles. The van der Waals surface area contributed by atoms with Gasteiger partial charge in [-0.05, 0) is 48.9 Å². The number of carbonyl (C=O) groups is 4. The van der Waals surface area contributed by atoms with Crippen LogP contribution >= 0.6 is 0 Å². The van der Waals surface area contributed by atoms with Crippen LogP contribution in [0.1, 0.15) is 73.1 Å². The minimum absolute atomic E-state index is 0. The van der Waals surface area contributed by atoms with Crippen LogP contribution < -0.4 is 89.4 Å². The van der Waals surface area contributed by atoms with E-state index in [1.165, 1.54) is 21.9 Å². The Morgan fingerprint density at radius 1 is 0.724 bits per heavy atom. The number of amides is 2. The first-order valence-corrected chi connectivity index (χ1v) is 17.9. The Morgan fingerprint density at radius 3 is 1.36 bits per heavy atom. The molecule has 0 radical (unpaired) electrons. The average molecular weight is 834 g/mol. The molecule has 6 atom stereocenters. The topological polar surface area (TPSA) is 326 Å². The maximum absolute atomic E-state index is 12.3. The second-order valence-corrected chi connectivity index (χ2v) is 15.6. The summed E-state index contributed by atoms with van der Waals surface area (Å²) in [4.78, 5) is 50.9. The molecule has 2 aliphatic carbocycles. The van der Waals surface area contributed by atoms with Gasteiger partial charge >= 0.3 is 84.6 Å². The van der Waals surface area contributed by atoms with Crippen molar-refractivity contribution in [1.82, 2.24) is 9.80 Å². The number of aliphatic hydroxyl groups excluding tert-OH is 2. The molecule has 20 nitrogen and oxygen atoms in total. The van der Waals surface area contributed by atoms with Crippen molar-refractivity contribution in [3.63, 3.8) is 0 Å². The molecule has 0 unspecified atom stereocenters. The molecular formula is C34H44B2N4Na2O16. The van der Waals surface area contributed by atoms with Gasteiger partial charge in [-0.25, -0.2) is 9.59 Å². The molecule has 0 spiro atoms. The molecule has 2 aromatic rings. The molecule has 8 rings (SSSR count). The normalized spacial score (nSPS) is 26.3. The van der Waals surface area contributed by atoms with Gasteiger partial charge in [0.15, 0.2) is 0 Å². The molecule has 6 aliphatic rings. The van der Waals surface area contributed by atoms with Crippen molar-refractivity contribution in [3.8, 4) is 23.0 Å². The van der Waals surface area contributed by atoms with Gasteiger partial charge in [0.1, 0.15) is 45.9 Å². The zero-order valence-corrected chi connectivity index (χ0v) is 35.9. The minimum atomic E-state index is -3.13. The molecule has 4 fully saturated rings. The van der Waals surface area contributed by atoms with Crippen LogP contribution in [-0.4, -0.2) is 150 Å². The van der Waals surface area contributed by atoms with E-state index in [0.29, 0.717) is 24.0 Å². The Kier molecular flexibility index (Phi) is 12.2. The molecule has 4 aliphatic heterocycles. The number of nitrogens with two attached hydrogens (primary N) is 2. The first-order chi connectivity index (χ1) is 27.2. The summed E-state index contributed by atoms with van der Waals surface area (Å²) < 4.78 is 36.6. The second-order valence-electron chi connectivity index (χ2n) is 15.6. The number of hydrogen-bond donors (Lipinski definition) is 10. The van der Waals surface area contributed by atoms with Crippen molar-refractivity contribution in [2.24, 2.45) is 11.5 Å². The zero-order chi connectivity index (χ0) is 42.3. The van der Waals surface area contributed by atoms with Crippen molar-refractivity contribution < 1.29 is 140 Å². The van der Waals surface area contributed by atoms with Gasteiger partial charge in [0.2, 0.25) is 11.8 Å². The van der Waals surface area contributed by atoms with E-state index < -0.39 is 99.2 Å². The van der Waals surface area contributed by atoms with E-state index in [-0.39, 0.29) is 131 Å². The summed E-state index contributed by atoms with van der Waals surface area (Å²) in [7, 11) is 0. The summed E-state index contributed by atoms with van der Waals surface area (Å²) in [5.74, 6) is -5.16. The van der Waals surface area contributed by atoms with Crippen molar-refractivity contribution in [2.75, 3.05) is 39.4 Å². The molecule has 2 amide bonds. The molecule has 0 aromatic heterocycles. The fraction of sp³-hybridized carbons (Fsp3) is 0.529. The van der Waals surface area contributed by atoms with Gasteiger partial charge in [-0.15, -0.1) is 0 Å². The van der Waals surface area contributed by atoms with E-state index in [4.69, 9.17) is 33.0 Å². The molecule has 2 saturated carbocycles. The smallest absolute Gasteiger partial charge is 0.669 e. The third-order valence-electron chi connectivity index (χ3n) is 11.2. The maximum Gasteiger partial charge on any atom is 1.00 e. The van der Waals surface area contributed by atoms with Crippen LogP contribution in [0.25, 0.3) is 0 Å². The van der Waals surface area contributed by atoms with Crippen LogP contribution in [0.4, 0.5) is 0 Å². The predicted octanol–water partition coefficient (Wildman–Crippen LogP) is -8.28. The molecule has 304 valence electrons. The summed E-state index contributed by atoms with van der Waals surface area (Å²) in [6.45, 7) is -8.03. The van der Waals surface area contributed by atoms with E-state index in [1.54, 1.807) is 12.1 Å². The minimum Gasteiger partial charge on any atom is -0.669 e. The summed E-state index contributed by atoms with van der Waals surface area (Å²) in [5, 5.41) is 78.1. The average Bonchev–Trinajstić information content (AvgIpc) is 4.07. The third kappa shape index (κ3) is 8.47. The number of ether oxygens (including phenoxy) is 2. The predicted molar refractivity (Wildman–Crippen MR) is 192 cm³/mol. The number of likely N-dealkylation sites (tertiary alicyclic amines) is 2. The SMILES string of the molecule is [2H]C[C@](N)(CO)C(=O)N1CC(Oc2ccc3c(c2C(=O)O)O[B-](O)(O)[C@H]2C[C@@H]32)C1.[2H]C[C@](N)(CO)C(=O)N1CC(Oc2ccc3c(c2C(=O)O)O[B-](O)(O)[C@H]2C[C@@H]32)C1.[Na+].[Na+]. The van der Waals surface area contributed by atoms with Gasteiger partial charge in [0.25, 0.3) is 0 Å². The van der Waals surface area contributed by atoms with Crippen molar-refractivity contribution in [1.29, 1.82) is 0 Å². The van der Waals surface area contributed by atoms with Crippen LogP contribution in [0.2, 0.25) is 11.6 Å². The van der Waals surface area contributed by atoms with Crippen molar-refractivity contribution in [2.45, 2.75) is 73.4 Å². The zero-order valence-electron chi connectivity index (χ0n) is 33.9. The number of aliphatic hydroxyl groups is 2. The maximum atomic E-state index is 12.3. The Morgan fingerprint density at radius 2 is 1.07 bits per heavy atom. The van der Waals surface area contributed by atoms with E-state index >= 15 is 0 Å². The molecule has 2 saturated heterocycles. The fourth-order valence-electron chi connectivity index (χ4n) is 7.71. The number of rotatable bonds is 10. The molecule has 12 N–H and O–H groups in total. The number of nitrogens with zero attached hydrogens (tertiary/aromatic N) is 2.